The average molecular weight is 303 g/mol. The normalized spacial score (nSPS) is 12.5. The van der Waals surface area contributed by atoms with Gasteiger partial charge in [0.2, 0.25) is 0 Å². The minimum Gasteiger partial charge on any atom is -0.384 e. The molecule has 1 rings (SSSR count). The van der Waals surface area contributed by atoms with Gasteiger partial charge in [-0.15, -0.1) is 0 Å². The summed E-state index contributed by atoms with van der Waals surface area (Å²) in [5.74, 6) is -0.536. The molecule has 0 aliphatic rings. The van der Waals surface area contributed by atoms with Crippen molar-refractivity contribution >= 4 is 11.6 Å². The number of aromatic nitrogens is 1. The second kappa shape index (κ2) is 6.16. The van der Waals surface area contributed by atoms with Gasteiger partial charge in [0.05, 0.1) is 12.2 Å². The molecule has 4 nitrogen and oxygen atoms in total. The van der Waals surface area contributed by atoms with Crippen molar-refractivity contribution < 1.29 is 31.1 Å². The zero-order chi connectivity index (χ0) is 15.4. The minimum atomic E-state index is -4.58. The molecule has 0 aliphatic heterocycles. The van der Waals surface area contributed by atoms with Gasteiger partial charge in [-0.2, -0.15) is 26.3 Å². The maximum absolute atomic E-state index is 12.5. The quantitative estimate of drug-likeness (QED) is 0.648. The van der Waals surface area contributed by atoms with Gasteiger partial charge >= 0.3 is 12.4 Å². The molecule has 0 radical (unpaired) electrons. The van der Waals surface area contributed by atoms with Gasteiger partial charge in [-0.05, 0) is 12.1 Å². The number of nitrogen functional groups attached to an aromatic ring is 1. The van der Waals surface area contributed by atoms with Crippen LogP contribution in [0.2, 0.25) is 0 Å². The van der Waals surface area contributed by atoms with Crippen molar-refractivity contribution in [3.8, 4) is 0 Å². The largest absolute Gasteiger partial charge is 0.416 e. The molecule has 0 atom stereocenters. The number of halogens is 6. The Hall–Kier alpha value is -1.71. The summed E-state index contributed by atoms with van der Waals surface area (Å²) < 4.78 is 76.9. The van der Waals surface area contributed by atoms with Crippen molar-refractivity contribution in [2.24, 2.45) is 0 Å². The second-order valence-corrected chi connectivity index (χ2v) is 3.76. The Balaban J connectivity index is 2.50. The maximum Gasteiger partial charge on any atom is 0.416 e. The summed E-state index contributed by atoms with van der Waals surface area (Å²) in [6.45, 7) is -1.89. The molecule has 0 saturated carbocycles. The smallest absolute Gasteiger partial charge is 0.384 e. The van der Waals surface area contributed by atoms with E-state index in [2.05, 4.69) is 15.0 Å². The van der Waals surface area contributed by atoms with E-state index in [-0.39, 0.29) is 24.8 Å². The molecule has 0 amide bonds. The van der Waals surface area contributed by atoms with Crippen molar-refractivity contribution in [2.45, 2.75) is 12.4 Å². The fourth-order valence-electron chi connectivity index (χ4n) is 1.25. The predicted octanol–water partition coefficient (Wildman–Crippen LogP) is 2.67. The van der Waals surface area contributed by atoms with E-state index in [1.54, 1.807) is 0 Å². The molecule has 0 aromatic carbocycles. The highest BCUT2D eigenvalue weighted by Crippen LogP contribution is 2.31. The fourth-order valence-corrected chi connectivity index (χ4v) is 1.25. The van der Waals surface area contributed by atoms with E-state index in [9.17, 15) is 26.3 Å². The first kappa shape index (κ1) is 16.3. The molecule has 1 aromatic rings. The van der Waals surface area contributed by atoms with E-state index in [1.807, 2.05) is 0 Å². The van der Waals surface area contributed by atoms with Crippen molar-refractivity contribution in [1.82, 2.24) is 4.98 Å². The van der Waals surface area contributed by atoms with E-state index >= 15 is 0 Å². The van der Waals surface area contributed by atoms with E-state index < -0.39 is 24.5 Å². The molecule has 3 N–H and O–H groups in total. The maximum atomic E-state index is 12.5. The van der Waals surface area contributed by atoms with Crippen LogP contribution in [-0.2, 0) is 10.9 Å². The molecule has 1 heterocycles. The van der Waals surface area contributed by atoms with Crippen LogP contribution in [-0.4, -0.2) is 30.9 Å². The van der Waals surface area contributed by atoms with Crippen LogP contribution >= 0.6 is 0 Å². The lowest BCUT2D eigenvalue weighted by Gasteiger charge is -2.12. The summed E-state index contributed by atoms with van der Waals surface area (Å²) in [5, 5.41) is 2.40. The number of pyridine rings is 1. The molecule has 0 bridgehead atoms. The van der Waals surface area contributed by atoms with E-state index in [0.717, 1.165) is 0 Å². The van der Waals surface area contributed by atoms with Gasteiger partial charge in [-0.3, -0.25) is 0 Å². The molecule has 20 heavy (non-hydrogen) atoms. The molecule has 1 aromatic heterocycles. The van der Waals surface area contributed by atoms with Gasteiger partial charge in [-0.1, -0.05) is 0 Å². The van der Waals surface area contributed by atoms with Crippen LogP contribution in [0.1, 0.15) is 5.56 Å². The van der Waals surface area contributed by atoms with Crippen LogP contribution in [0.25, 0.3) is 0 Å². The summed E-state index contributed by atoms with van der Waals surface area (Å²) in [6, 6.07) is 1.37. The van der Waals surface area contributed by atoms with Crippen LogP contribution in [0.15, 0.2) is 12.1 Å². The number of anilines is 2. The molecule has 10 heteroatoms. The Bertz CT molecular complexity index is 446. The third kappa shape index (κ3) is 5.95. The van der Waals surface area contributed by atoms with Crippen LogP contribution < -0.4 is 11.1 Å². The van der Waals surface area contributed by atoms with Crippen molar-refractivity contribution in [3.05, 3.63) is 17.7 Å². The van der Waals surface area contributed by atoms with E-state index in [1.165, 1.54) is 0 Å². The highest BCUT2D eigenvalue weighted by molar-refractivity contribution is 5.47. The average Bonchev–Trinajstić information content (AvgIpc) is 2.25. The number of ether oxygens (including phenoxy) is 1. The monoisotopic (exact) mass is 303 g/mol. The number of hydrogen-bond acceptors (Lipinski definition) is 4. The van der Waals surface area contributed by atoms with Gasteiger partial charge in [0.15, 0.2) is 0 Å². The number of hydrogen-bond donors (Lipinski definition) is 2. The summed E-state index contributed by atoms with van der Waals surface area (Å²) in [6.07, 6.45) is -9.03. The van der Waals surface area contributed by atoms with Gasteiger partial charge in [0.1, 0.15) is 18.2 Å². The van der Waals surface area contributed by atoms with Gasteiger partial charge in [0, 0.05) is 6.54 Å². The molecule has 0 aliphatic carbocycles. The Kier molecular flexibility index (Phi) is 5.03. The molecule has 0 saturated heterocycles. The highest BCUT2D eigenvalue weighted by atomic mass is 19.4. The van der Waals surface area contributed by atoms with Crippen molar-refractivity contribution in [2.75, 3.05) is 30.8 Å². The summed E-state index contributed by atoms with van der Waals surface area (Å²) in [7, 11) is 0. The van der Waals surface area contributed by atoms with Gasteiger partial charge < -0.3 is 15.8 Å². The lowest BCUT2D eigenvalue weighted by molar-refractivity contribution is -0.172. The standard InChI is InChI=1S/C10H11F6N3O/c11-9(12,13)5-20-2-1-18-8-4-6(10(14,15)16)3-7(17)19-8/h3-4H,1-2,5H2,(H3,17,18,19). The Morgan fingerprint density at radius 3 is 2.35 bits per heavy atom. The van der Waals surface area contributed by atoms with E-state index in [4.69, 9.17) is 5.73 Å². The van der Waals surface area contributed by atoms with Crippen LogP contribution in [0, 0.1) is 0 Å². The Morgan fingerprint density at radius 1 is 1.15 bits per heavy atom. The molecule has 0 fully saturated rings. The zero-order valence-corrected chi connectivity index (χ0v) is 9.98. The number of nitrogens with one attached hydrogen (secondary N) is 1. The Labute approximate surface area is 109 Å². The minimum absolute atomic E-state index is 0.135. The first-order valence-corrected chi connectivity index (χ1v) is 5.31. The lowest BCUT2D eigenvalue weighted by atomic mass is 10.2. The molecule has 114 valence electrons. The summed E-state index contributed by atoms with van der Waals surface area (Å²) >= 11 is 0. The number of nitrogens with zero attached hydrogens (tertiary/aromatic N) is 1. The Morgan fingerprint density at radius 2 is 1.80 bits per heavy atom. The van der Waals surface area contributed by atoms with Crippen LogP contribution in [0.3, 0.4) is 0 Å². The topological polar surface area (TPSA) is 60.2 Å². The molecular weight excluding hydrogens is 292 g/mol. The third-order valence-electron chi connectivity index (χ3n) is 1.99. The number of rotatable bonds is 5. The van der Waals surface area contributed by atoms with Crippen LogP contribution in [0.5, 0.6) is 0 Å². The predicted molar refractivity (Wildman–Crippen MR) is 59.0 cm³/mol. The zero-order valence-electron chi connectivity index (χ0n) is 9.98. The van der Waals surface area contributed by atoms with Crippen molar-refractivity contribution in [3.63, 3.8) is 0 Å². The second-order valence-electron chi connectivity index (χ2n) is 3.76. The SMILES string of the molecule is Nc1cc(C(F)(F)F)cc(NCCOCC(F)(F)F)n1. The third-order valence-corrected chi connectivity index (χ3v) is 1.99. The molecule has 0 spiro atoms. The van der Waals surface area contributed by atoms with Crippen molar-refractivity contribution in [1.29, 1.82) is 0 Å². The van der Waals surface area contributed by atoms with E-state index in [0.29, 0.717) is 12.1 Å². The van der Waals surface area contributed by atoms with Crippen LogP contribution in [0.4, 0.5) is 38.0 Å². The summed E-state index contributed by atoms with van der Waals surface area (Å²) in [5.41, 5.74) is 4.22. The number of nitrogens with two attached hydrogens (primary N) is 1. The molecular formula is C10H11F6N3O. The fraction of sp³-hybridized carbons (Fsp3) is 0.500. The lowest BCUT2D eigenvalue weighted by Crippen LogP contribution is -2.20. The first-order chi connectivity index (χ1) is 9.08. The highest BCUT2D eigenvalue weighted by Gasteiger charge is 2.31. The summed E-state index contributed by atoms with van der Waals surface area (Å²) in [4.78, 5) is 3.58. The molecule has 0 unspecified atom stereocenters. The number of alkyl halides is 6. The van der Waals surface area contributed by atoms with Gasteiger partial charge in [-0.25, -0.2) is 4.98 Å². The first-order valence-electron chi connectivity index (χ1n) is 5.31. The van der Waals surface area contributed by atoms with Gasteiger partial charge in [0.25, 0.3) is 0 Å².